The lowest BCUT2D eigenvalue weighted by Crippen LogP contribution is -2.41. The van der Waals surface area contributed by atoms with Gasteiger partial charge in [0.05, 0.1) is 17.1 Å². The first-order valence-corrected chi connectivity index (χ1v) is 6.31. The van der Waals surface area contributed by atoms with Gasteiger partial charge >= 0.3 is 7.12 Å². The average molecular weight is 287 g/mol. The van der Waals surface area contributed by atoms with Gasteiger partial charge < -0.3 is 15.0 Å². The van der Waals surface area contributed by atoms with Crippen molar-refractivity contribution in [3.05, 3.63) is 35.1 Å². The van der Waals surface area contributed by atoms with E-state index in [0.29, 0.717) is 12.1 Å². The van der Waals surface area contributed by atoms with E-state index >= 15 is 0 Å². The molecule has 0 spiro atoms. The van der Waals surface area contributed by atoms with E-state index in [1.165, 1.54) is 0 Å². The Bertz CT molecular complexity index is 497. The molecule has 110 valence electrons. The summed E-state index contributed by atoms with van der Waals surface area (Å²) in [5.41, 5.74) is 4.07. The zero-order valence-corrected chi connectivity index (χ0v) is 11.8. The summed E-state index contributed by atoms with van der Waals surface area (Å²) in [5.74, 6) is -4.28. The molecule has 20 heavy (non-hydrogen) atoms. The number of halogens is 3. The van der Waals surface area contributed by atoms with Crippen LogP contribution in [0.2, 0.25) is 0 Å². The van der Waals surface area contributed by atoms with E-state index in [1.807, 2.05) is 0 Å². The SMILES string of the molecule is CC1(C)OB([C@@H](N)c2c(F)cc(F)cc2F)OC1(C)C. The first-order valence-electron chi connectivity index (χ1n) is 6.31. The van der Waals surface area contributed by atoms with Crippen LogP contribution in [0.15, 0.2) is 12.1 Å². The van der Waals surface area contributed by atoms with Gasteiger partial charge in [0.1, 0.15) is 17.5 Å². The fourth-order valence-electron chi connectivity index (χ4n) is 2.04. The zero-order chi connectivity index (χ0) is 15.3. The minimum absolute atomic E-state index is 0.440. The highest BCUT2D eigenvalue weighted by Gasteiger charge is 2.54. The molecule has 1 aromatic rings. The van der Waals surface area contributed by atoms with E-state index in [1.54, 1.807) is 27.7 Å². The van der Waals surface area contributed by atoms with Gasteiger partial charge in [-0.25, -0.2) is 13.2 Å². The number of hydrogen-bond acceptors (Lipinski definition) is 3. The quantitative estimate of drug-likeness (QED) is 0.851. The molecule has 2 rings (SSSR count). The number of benzene rings is 1. The van der Waals surface area contributed by atoms with Crippen LogP contribution in [-0.4, -0.2) is 18.3 Å². The molecule has 0 unspecified atom stereocenters. The summed E-state index contributed by atoms with van der Waals surface area (Å²) >= 11 is 0. The summed E-state index contributed by atoms with van der Waals surface area (Å²) in [5, 5.41) is 0. The molecule has 0 amide bonds. The molecular weight excluding hydrogens is 270 g/mol. The standard InChI is InChI=1S/C13H17BF3NO2/c1-12(2)13(3,4)20-14(19-12)11(18)10-8(16)5-7(15)6-9(10)17/h5-6,11H,18H2,1-4H3/t11-/m0/s1. The Morgan fingerprint density at radius 1 is 1.00 bits per heavy atom. The van der Waals surface area contributed by atoms with E-state index in [-0.39, 0.29) is 0 Å². The second-order valence-electron chi connectivity index (χ2n) is 5.93. The summed E-state index contributed by atoms with van der Waals surface area (Å²) in [4.78, 5) is 0. The van der Waals surface area contributed by atoms with Crippen molar-refractivity contribution in [2.45, 2.75) is 44.8 Å². The van der Waals surface area contributed by atoms with Gasteiger partial charge in [0.25, 0.3) is 0 Å². The molecule has 7 heteroatoms. The minimum atomic E-state index is -1.18. The maximum absolute atomic E-state index is 13.7. The van der Waals surface area contributed by atoms with E-state index in [4.69, 9.17) is 15.0 Å². The Hall–Kier alpha value is -1.05. The van der Waals surface area contributed by atoms with Crippen LogP contribution in [0.1, 0.15) is 39.2 Å². The summed E-state index contributed by atoms with van der Waals surface area (Å²) in [6.45, 7) is 7.21. The summed E-state index contributed by atoms with van der Waals surface area (Å²) in [6.07, 6.45) is 0. The first kappa shape index (κ1) is 15.3. The molecule has 3 nitrogen and oxygen atoms in total. The van der Waals surface area contributed by atoms with Crippen LogP contribution >= 0.6 is 0 Å². The number of hydrogen-bond donors (Lipinski definition) is 1. The molecule has 1 aliphatic rings. The van der Waals surface area contributed by atoms with Crippen LogP contribution < -0.4 is 5.73 Å². The predicted molar refractivity (Wildman–Crippen MR) is 69.3 cm³/mol. The fourth-order valence-corrected chi connectivity index (χ4v) is 2.04. The lowest BCUT2D eigenvalue weighted by Gasteiger charge is -2.32. The van der Waals surface area contributed by atoms with Gasteiger partial charge in [-0.1, -0.05) is 0 Å². The Labute approximate surface area is 116 Å². The van der Waals surface area contributed by atoms with Crippen LogP contribution in [0.3, 0.4) is 0 Å². The molecule has 1 saturated heterocycles. The second-order valence-corrected chi connectivity index (χ2v) is 5.93. The number of nitrogens with two attached hydrogens (primary N) is 1. The predicted octanol–water partition coefficient (Wildman–Crippen LogP) is 2.74. The average Bonchev–Trinajstić information content (AvgIpc) is 2.46. The van der Waals surface area contributed by atoms with Crippen molar-refractivity contribution in [3.8, 4) is 0 Å². The third-order valence-corrected chi connectivity index (χ3v) is 3.94. The van der Waals surface area contributed by atoms with Crippen LogP contribution in [0, 0.1) is 17.5 Å². The molecular formula is C13H17BF3NO2. The first-order chi connectivity index (χ1) is 9.05. The Morgan fingerprint density at radius 2 is 1.40 bits per heavy atom. The second kappa shape index (κ2) is 4.75. The van der Waals surface area contributed by atoms with Gasteiger partial charge in [0.2, 0.25) is 0 Å². The molecule has 0 saturated carbocycles. The van der Waals surface area contributed by atoms with E-state index in [9.17, 15) is 13.2 Å². The maximum atomic E-state index is 13.7. The highest BCUT2D eigenvalue weighted by atomic mass is 19.1. The number of rotatable bonds is 2. The highest BCUT2D eigenvalue weighted by molar-refractivity contribution is 6.47. The van der Waals surface area contributed by atoms with Crippen molar-refractivity contribution in [2.24, 2.45) is 5.73 Å². The molecule has 0 bridgehead atoms. The summed E-state index contributed by atoms with van der Waals surface area (Å²) in [6, 6.07) is 1.17. The van der Waals surface area contributed by atoms with Crippen molar-refractivity contribution >= 4 is 7.12 Å². The minimum Gasteiger partial charge on any atom is -0.402 e. The van der Waals surface area contributed by atoms with Gasteiger partial charge in [-0.3, -0.25) is 0 Å². The van der Waals surface area contributed by atoms with Crippen LogP contribution in [0.4, 0.5) is 13.2 Å². The molecule has 1 atom stereocenters. The monoisotopic (exact) mass is 287 g/mol. The highest BCUT2D eigenvalue weighted by Crippen LogP contribution is 2.40. The molecule has 1 fully saturated rings. The molecule has 2 N–H and O–H groups in total. The molecule has 0 aliphatic carbocycles. The molecule has 1 aliphatic heterocycles. The molecule has 1 aromatic carbocycles. The van der Waals surface area contributed by atoms with Crippen LogP contribution in [0.25, 0.3) is 0 Å². The van der Waals surface area contributed by atoms with Crippen molar-refractivity contribution < 1.29 is 22.5 Å². The van der Waals surface area contributed by atoms with E-state index < -0.39 is 47.3 Å². The van der Waals surface area contributed by atoms with Crippen LogP contribution in [0.5, 0.6) is 0 Å². The molecule has 1 heterocycles. The lowest BCUT2D eigenvalue weighted by atomic mass is 9.74. The Balaban J connectivity index is 2.33. The smallest absolute Gasteiger partial charge is 0.402 e. The van der Waals surface area contributed by atoms with Gasteiger partial charge in [0, 0.05) is 17.7 Å². The van der Waals surface area contributed by atoms with Gasteiger partial charge in [-0.2, -0.15) is 0 Å². The van der Waals surface area contributed by atoms with Crippen molar-refractivity contribution in [1.29, 1.82) is 0 Å². The third-order valence-electron chi connectivity index (χ3n) is 3.94. The molecule has 0 radical (unpaired) electrons. The zero-order valence-electron chi connectivity index (χ0n) is 11.8. The lowest BCUT2D eigenvalue weighted by molar-refractivity contribution is 0.00578. The fraction of sp³-hybridized carbons (Fsp3) is 0.538. The van der Waals surface area contributed by atoms with E-state index in [2.05, 4.69) is 0 Å². The normalized spacial score (nSPS) is 22.1. The van der Waals surface area contributed by atoms with Crippen molar-refractivity contribution in [2.75, 3.05) is 0 Å². The van der Waals surface area contributed by atoms with Crippen molar-refractivity contribution in [3.63, 3.8) is 0 Å². The molecule has 0 aromatic heterocycles. The van der Waals surface area contributed by atoms with Crippen molar-refractivity contribution in [1.82, 2.24) is 0 Å². The maximum Gasteiger partial charge on any atom is 0.480 e. The van der Waals surface area contributed by atoms with Gasteiger partial charge in [-0.05, 0) is 27.7 Å². The van der Waals surface area contributed by atoms with Crippen LogP contribution in [-0.2, 0) is 9.31 Å². The summed E-state index contributed by atoms with van der Waals surface area (Å²) in [7, 11) is -1.01. The summed E-state index contributed by atoms with van der Waals surface area (Å²) < 4.78 is 51.7. The largest absolute Gasteiger partial charge is 0.480 e. The Morgan fingerprint density at radius 3 is 1.80 bits per heavy atom. The van der Waals surface area contributed by atoms with Gasteiger partial charge in [0.15, 0.2) is 0 Å². The third kappa shape index (κ3) is 2.45. The van der Waals surface area contributed by atoms with E-state index in [0.717, 1.165) is 0 Å². The van der Waals surface area contributed by atoms with Gasteiger partial charge in [-0.15, -0.1) is 0 Å². The Kier molecular flexibility index (Phi) is 3.65. The topological polar surface area (TPSA) is 44.5 Å².